The van der Waals surface area contributed by atoms with Crippen molar-refractivity contribution in [3.05, 3.63) is 53.7 Å². The van der Waals surface area contributed by atoms with Gasteiger partial charge in [-0.15, -0.1) is 16.9 Å². The van der Waals surface area contributed by atoms with Crippen LogP contribution in [0.5, 0.6) is 0 Å². The summed E-state index contributed by atoms with van der Waals surface area (Å²) >= 11 is 1.79. The minimum Gasteiger partial charge on any atom is -0.407 e. The van der Waals surface area contributed by atoms with Crippen molar-refractivity contribution in [2.75, 3.05) is 11.1 Å². The van der Waals surface area contributed by atoms with E-state index in [0.29, 0.717) is 18.0 Å². The molecule has 0 unspecified atom stereocenters. The van der Waals surface area contributed by atoms with Gasteiger partial charge in [0.25, 0.3) is 5.91 Å². The Bertz CT molecular complexity index is 825. The van der Waals surface area contributed by atoms with Crippen molar-refractivity contribution in [3.8, 4) is 0 Å². The van der Waals surface area contributed by atoms with Gasteiger partial charge in [0.2, 0.25) is 5.89 Å². The van der Waals surface area contributed by atoms with Crippen molar-refractivity contribution in [1.82, 2.24) is 20.0 Å². The van der Waals surface area contributed by atoms with Crippen LogP contribution in [-0.4, -0.2) is 31.6 Å². The highest BCUT2D eigenvalue weighted by Gasteiger charge is 2.13. The molecule has 0 aliphatic rings. The Morgan fingerprint density at radius 2 is 2.04 bits per heavy atom. The summed E-state index contributed by atoms with van der Waals surface area (Å²) < 4.78 is 7.02. The quantitative estimate of drug-likeness (QED) is 0.693. The number of aryl methyl sites for hydroxylation is 1. The van der Waals surface area contributed by atoms with E-state index in [-0.39, 0.29) is 11.9 Å². The lowest BCUT2D eigenvalue weighted by Gasteiger charge is -2.00. The van der Waals surface area contributed by atoms with Crippen molar-refractivity contribution in [2.24, 2.45) is 7.05 Å². The van der Waals surface area contributed by atoms with Crippen molar-refractivity contribution in [1.29, 1.82) is 0 Å². The Kier molecular flexibility index (Phi) is 4.95. The second kappa shape index (κ2) is 7.31. The zero-order valence-electron chi connectivity index (χ0n) is 13.4. The summed E-state index contributed by atoms with van der Waals surface area (Å²) in [5, 5.41) is 14.4. The van der Waals surface area contributed by atoms with Crippen LogP contribution in [0.15, 0.2) is 45.8 Å². The number of rotatable bonds is 6. The Morgan fingerprint density at radius 3 is 2.71 bits per heavy atom. The predicted octanol–water partition coefficient (Wildman–Crippen LogP) is 2.76. The molecule has 1 aromatic carbocycles. The molecule has 0 aliphatic carbocycles. The van der Waals surface area contributed by atoms with Crippen molar-refractivity contribution >= 4 is 23.7 Å². The van der Waals surface area contributed by atoms with Crippen molar-refractivity contribution in [3.63, 3.8) is 0 Å². The first-order valence-electron chi connectivity index (χ1n) is 7.49. The highest BCUT2D eigenvalue weighted by molar-refractivity contribution is 7.99. The van der Waals surface area contributed by atoms with Gasteiger partial charge in [-0.1, -0.05) is 24.2 Å². The van der Waals surface area contributed by atoms with E-state index < -0.39 is 0 Å². The third-order valence-corrected chi connectivity index (χ3v) is 4.12. The van der Waals surface area contributed by atoms with Gasteiger partial charge >= 0.3 is 6.01 Å². The number of hydrogen-bond acceptors (Lipinski definition) is 6. The third kappa shape index (κ3) is 4.02. The maximum atomic E-state index is 12.0. The molecule has 0 saturated carbocycles. The average Bonchev–Trinajstić information content (AvgIpc) is 3.19. The van der Waals surface area contributed by atoms with Crippen molar-refractivity contribution < 1.29 is 9.21 Å². The number of carbonyl (C=O) groups excluding carboxylic acids is 1. The van der Waals surface area contributed by atoms with Crippen LogP contribution in [0.2, 0.25) is 0 Å². The molecule has 3 rings (SSSR count). The summed E-state index contributed by atoms with van der Waals surface area (Å²) in [5.41, 5.74) is 1.36. The number of aromatic nitrogens is 4. The molecule has 0 bridgehead atoms. The van der Waals surface area contributed by atoms with Crippen molar-refractivity contribution in [2.45, 2.75) is 18.2 Å². The number of nitrogens with zero attached hydrogens (tertiary/aromatic N) is 4. The number of anilines is 1. The summed E-state index contributed by atoms with van der Waals surface area (Å²) in [5.74, 6) is 1.11. The molecule has 2 aromatic heterocycles. The lowest BCUT2D eigenvalue weighted by Crippen LogP contribution is -2.13. The molecular weight excluding hydrogens is 326 g/mol. The standard InChI is InChI=1S/C16H17N5O2S/c1-3-24-12-6-4-11(5-7-12)10-14-18-19-16(23-14)17-15(22)13-8-9-21(2)20-13/h4-9H,3,10H2,1-2H3,(H,17,19,22). The first-order valence-corrected chi connectivity index (χ1v) is 8.47. The van der Waals surface area contributed by atoms with Crippen LogP contribution in [0.4, 0.5) is 6.01 Å². The molecule has 124 valence electrons. The van der Waals surface area contributed by atoms with E-state index in [2.05, 4.69) is 39.7 Å². The SMILES string of the molecule is CCSc1ccc(Cc2nnc(NC(=O)c3ccn(C)n3)o2)cc1. The van der Waals surface area contributed by atoms with Gasteiger partial charge in [-0.05, 0) is 29.5 Å². The first kappa shape index (κ1) is 16.3. The monoisotopic (exact) mass is 343 g/mol. The van der Waals surface area contributed by atoms with E-state index in [1.54, 1.807) is 35.8 Å². The zero-order chi connectivity index (χ0) is 16.9. The highest BCUT2D eigenvalue weighted by atomic mass is 32.2. The molecule has 0 spiro atoms. The molecule has 7 nitrogen and oxygen atoms in total. The van der Waals surface area contributed by atoms with Gasteiger partial charge in [-0.25, -0.2) is 0 Å². The summed E-state index contributed by atoms with van der Waals surface area (Å²) in [6.07, 6.45) is 2.21. The van der Waals surface area contributed by atoms with Crippen LogP contribution in [0.1, 0.15) is 28.9 Å². The topological polar surface area (TPSA) is 85.8 Å². The number of amides is 1. The molecule has 0 fully saturated rings. The Morgan fingerprint density at radius 1 is 1.25 bits per heavy atom. The number of hydrogen-bond donors (Lipinski definition) is 1. The van der Waals surface area contributed by atoms with Crippen LogP contribution in [0, 0.1) is 0 Å². The van der Waals surface area contributed by atoms with E-state index >= 15 is 0 Å². The summed E-state index contributed by atoms with van der Waals surface area (Å²) in [6.45, 7) is 2.12. The maximum absolute atomic E-state index is 12.0. The Labute approximate surface area is 143 Å². The molecule has 8 heteroatoms. The molecule has 0 radical (unpaired) electrons. The van der Waals surface area contributed by atoms with Gasteiger partial charge < -0.3 is 4.42 Å². The fraction of sp³-hybridized carbons (Fsp3) is 0.250. The number of benzene rings is 1. The molecule has 3 aromatic rings. The molecule has 2 heterocycles. The lowest BCUT2D eigenvalue weighted by molar-refractivity contribution is 0.101. The first-order chi connectivity index (χ1) is 11.6. The maximum Gasteiger partial charge on any atom is 0.322 e. The Balaban J connectivity index is 1.61. The number of thioether (sulfide) groups is 1. The minimum atomic E-state index is -0.383. The number of nitrogens with one attached hydrogen (secondary N) is 1. The molecular formula is C16H17N5O2S. The molecule has 0 atom stereocenters. The summed E-state index contributed by atoms with van der Waals surface area (Å²) in [7, 11) is 1.74. The van der Waals surface area contributed by atoms with E-state index in [1.165, 1.54) is 4.90 Å². The largest absolute Gasteiger partial charge is 0.407 e. The fourth-order valence-corrected chi connectivity index (χ4v) is 2.78. The molecule has 0 aliphatic heterocycles. The smallest absolute Gasteiger partial charge is 0.322 e. The van der Waals surface area contributed by atoms with Gasteiger partial charge in [-0.3, -0.25) is 14.8 Å². The molecule has 24 heavy (non-hydrogen) atoms. The van der Waals surface area contributed by atoms with E-state index in [4.69, 9.17) is 4.42 Å². The van der Waals surface area contributed by atoms with Gasteiger partial charge in [0.15, 0.2) is 5.69 Å². The number of carbonyl (C=O) groups is 1. The van der Waals surface area contributed by atoms with E-state index in [0.717, 1.165) is 11.3 Å². The lowest BCUT2D eigenvalue weighted by atomic mass is 10.1. The van der Waals surface area contributed by atoms with Gasteiger partial charge in [0.1, 0.15) is 0 Å². The van der Waals surface area contributed by atoms with Gasteiger partial charge in [-0.2, -0.15) is 5.10 Å². The van der Waals surface area contributed by atoms with Crippen LogP contribution in [0.25, 0.3) is 0 Å². The van der Waals surface area contributed by atoms with Crippen LogP contribution < -0.4 is 5.32 Å². The Hall–Kier alpha value is -2.61. The van der Waals surface area contributed by atoms with Crippen LogP contribution >= 0.6 is 11.8 Å². The second-order valence-electron chi connectivity index (χ2n) is 5.08. The third-order valence-electron chi connectivity index (χ3n) is 3.22. The zero-order valence-corrected chi connectivity index (χ0v) is 14.2. The molecule has 1 amide bonds. The van der Waals surface area contributed by atoms with Crippen LogP contribution in [0.3, 0.4) is 0 Å². The van der Waals surface area contributed by atoms with E-state index in [1.807, 2.05) is 12.1 Å². The van der Waals surface area contributed by atoms with Gasteiger partial charge in [0.05, 0.1) is 6.42 Å². The van der Waals surface area contributed by atoms with Crippen LogP contribution in [-0.2, 0) is 13.5 Å². The van der Waals surface area contributed by atoms with Gasteiger partial charge in [0, 0.05) is 18.1 Å². The van der Waals surface area contributed by atoms with E-state index in [9.17, 15) is 4.79 Å². The summed E-state index contributed by atoms with van der Waals surface area (Å²) in [4.78, 5) is 13.2. The normalized spacial score (nSPS) is 10.8. The minimum absolute atomic E-state index is 0.0683. The fourth-order valence-electron chi connectivity index (χ4n) is 2.12. The molecule has 1 N–H and O–H groups in total. The highest BCUT2D eigenvalue weighted by Crippen LogP contribution is 2.19. The molecule has 0 saturated heterocycles. The average molecular weight is 343 g/mol. The second-order valence-corrected chi connectivity index (χ2v) is 6.42. The predicted molar refractivity (Wildman–Crippen MR) is 91.1 cm³/mol. The summed E-state index contributed by atoms with van der Waals surface area (Å²) in [6, 6.07) is 9.90.